The molecule has 22 N–H and O–H groups in total. The van der Waals surface area contributed by atoms with Crippen LogP contribution in [0.1, 0.15) is 118 Å². The van der Waals surface area contributed by atoms with Crippen molar-refractivity contribution in [2.24, 2.45) is 34.8 Å². The van der Waals surface area contributed by atoms with E-state index < -0.39 is 161 Å². The molecule has 0 aliphatic carbocycles. The molecule has 0 unspecified atom stereocenters. The molecule has 1 heterocycles. The number of nitrogens with one attached hydrogen (secondary N) is 12. The van der Waals surface area contributed by atoms with Gasteiger partial charge in [0.25, 0.3) is 5.91 Å². The smallest absolute Gasteiger partial charge is 0.253 e. The summed E-state index contributed by atoms with van der Waals surface area (Å²) in [4.78, 5) is 166. The Labute approximate surface area is 529 Å². The summed E-state index contributed by atoms with van der Waals surface area (Å²) >= 11 is 11.4. The fourth-order valence-electron chi connectivity index (χ4n) is 9.23. The minimum absolute atomic E-state index is 0.00181. The zero-order valence-corrected chi connectivity index (χ0v) is 53.1. The first-order chi connectivity index (χ1) is 42.1. The van der Waals surface area contributed by atoms with Crippen LogP contribution in [-0.2, 0) is 64.0 Å². The number of hydrogen-bond donors (Lipinski definition) is 18. The Morgan fingerprint density at radius 1 is 0.562 bits per heavy atom. The molecular weight excluding hydrogens is 1200 g/mol. The fraction of sp³-hybridized carbons (Fsp3) is 0.684. The molecule has 1 aliphatic heterocycles. The van der Waals surface area contributed by atoms with Crippen molar-refractivity contribution in [2.45, 2.75) is 196 Å². The van der Waals surface area contributed by atoms with E-state index in [1.807, 2.05) is 0 Å². The van der Waals surface area contributed by atoms with Gasteiger partial charge in [-0.3, -0.25) is 57.5 Å². The number of carbonyl (C=O) groups excluding carboxylic acids is 12. The molecular formula is C57H96Cl2N16O14. The Bertz CT molecular complexity index is 2480. The Hall–Kier alpha value is -6.80. The Balaban J connectivity index is 2.75. The Morgan fingerprint density at radius 2 is 1.08 bits per heavy atom. The third-order valence-electron chi connectivity index (χ3n) is 14.1. The molecule has 12 amide bonds. The van der Waals surface area contributed by atoms with Crippen LogP contribution in [0, 0.1) is 11.8 Å². The Morgan fingerprint density at radius 3 is 1.61 bits per heavy atom. The van der Waals surface area contributed by atoms with Crippen LogP contribution in [0.5, 0.6) is 0 Å². The third-order valence-corrected chi connectivity index (χ3v) is 14.5. The maximum absolute atomic E-state index is 14.6. The van der Waals surface area contributed by atoms with Crippen molar-refractivity contribution in [3.63, 3.8) is 0 Å². The molecule has 32 heteroatoms. The van der Waals surface area contributed by atoms with E-state index in [9.17, 15) is 67.7 Å². The first kappa shape index (κ1) is 78.3. The number of amides is 12. The largest absolute Gasteiger partial charge is 0.391 e. The first-order valence-electron chi connectivity index (χ1n) is 30.1. The lowest BCUT2D eigenvalue weighted by Gasteiger charge is -2.29. The van der Waals surface area contributed by atoms with Gasteiger partial charge in [0.2, 0.25) is 65.0 Å². The lowest BCUT2D eigenvalue weighted by molar-refractivity contribution is -0.137. The van der Waals surface area contributed by atoms with Crippen molar-refractivity contribution >= 4 is 94.1 Å². The monoisotopic (exact) mass is 1300 g/mol. The van der Waals surface area contributed by atoms with Gasteiger partial charge in [-0.2, -0.15) is 0 Å². The summed E-state index contributed by atoms with van der Waals surface area (Å²) in [7, 11) is 0. The highest BCUT2D eigenvalue weighted by Gasteiger charge is 2.38. The molecule has 1 aromatic rings. The van der Waals surface area contributed by atoms with Crippen molar-refractivity contribution in [1.82, 2.24) is 63.8 Å². The minimum atomic E-state index is -1.79. The maximum atomic E-state index is 14.6. The molecule has 0 bridgehead atoms. The number of unbranched alkanes of at least 4 members (excludes halogenated alkanes) is 1. The van der Waals surface area contributed by atoms with Crippen molar-refractivity contribution in [3.05, 3.63) is 35.9 Å². The van der Waals surface area contributed by atoms with E-state index in [-0.39, 0.29) is 90.0 Å². The van der Waals surface area contributed by atoms with Gasteiger partial charge in [-0.25, -0.2) is 0 Å². The van der Waals surface area contributed by atoms with Crippen molar-refractivity contribution in [1.29, 1.82) is 0 Å². The second-order valence-corrected chi connectivity index (χ2v) is 23.8. The highest BCUT2D eigenvalue weighted by atomic mass is 35.5. The molecule has 1 aromatic carbocycles. The molecule has 502 valence electrons. The number of aliphatic hydroxyl groups is 2. The van der Waals surface area contributed by atoms with Crippen molar-refractivity contribution in [3.8, 4) is 0 Å². The number of benzene rings is 1. The first-order valence-corrected chi connectivity index (χ1v) is 31.0. The molecule has 1 fully saturated rings. The highest BCUT2D eigenvalue weighted by molar-refractivity contribution is 6.53. The van der Waals surface area contributed by atoms with Crippen LogP contribution in [0.25, 0.3) is 0 Å². The molecule has 12 atom stereocenters. The lowest BCUT2D eigenvalue weighted by atomic mass is 10.00. The summed E-state index contributed by atoms with van der Waals surface area (Å²) in [5.41, 5.74) is 24.1. The second-order valence-electron chi connectivity index (χ2n) is 22.7. The van der Waals surface area contributed by atoms with Crippen LogP contribution in [0.3, 0.4) is 0 Å². The summed E-state index contributed by atoms with van der Waals surface area (Å²) in [5, 5.41) is 51.9. The summed E-state index contributed by atoms with van der Waals surface area (Å²) < 4.78 is 0. The quantitative estimate of drug-likeness (QED) is 0.0254. The SMILES string of the molecule is CC(C)CCCCC(=O)N[C@@H](CCN)C(=O)N[C@H](C(=O)N[C@@H](CCN)C(=O)N[C@H]1CCNC(=O)[C@H]([C@@H](C)O)NC(=O)[C@H](CCNC(=O)C(Cl)Cl)NC(=O)[C@H](CCN)NC(=O)[C@H](CC(C)C)NC(=O)[C@@H](Cc2ccccc2)NC(=O)[C@H](CCN)NC1=O)[C@@H](C)O. The average Bonchev–Trinajstić information content (AvgIpc) is 3.55. The number of rotatable bonds is 30. The third kappa shape index (κ3) is 29.1. The van der Waals surface area contributed by atoms with Gasteiger partial charge in [0, 0.05) is 25.9 Å². The zero-order valence-electron chi connectivity index (χ0n) is 51.6. The van der Waals surface area contributed by atoms with E-state index in [1.165, 1.54) is 6.92 Å². The van der Waals surface area contributed by atoms with Crippen molar-refractivity contribution in [2.75, 3.05) is 39.3 Å². The van der Waals surface area contributed by atoms with Gasteiger partial charge in [-0.15, -0.1) is 0 Å². The van der Waals surface area contributed by atoms with E-state index in [0.29, 0.717) is 17.9 Å². The van der Waals surface area contributed by atoms with Gasteiger partial charge < -0.3 is 96.9 Å². The summed E-state index contributed by atoms with van der Waals surface area (Å²) in [6.07, 6.45) is -2.72. The topological polar surface area (TPSA) is 494 Å². The molecule has 1 aliphatic rings. The van der Waals surface area contributed by atoms with E-state index in [2.05, 4.69) is 77.6 Å². The van der Waals surface area contributed by atoms with E-state index >= 15 is 0 Å². The summed E-state index contributed by atoms with van der Waals surface area (Å²) in [5.74, 6) is -10.9. The van der Waals surface area contributed by atoms with E-state index in [0.717, 1.165) is 19.8 Å². The summed E-state index contributed by atoms with van der Waals surface area (Å²) in [6.45, 7) is 8.44. The molecule has 2 rings (SSSR count). The summed E-state index contributed by atoms with van der Waals surface area (Å²) in [6, 6.07) is -6.96. The maximum Gasteiger partial charge on any atom is 0.253 e. The van der Waals surface area contributed by atoms with Gasteiger partial charge in [-0.1, -0.05) is 94.1 Å². The van der Waals surface area contributed by atoms with Gasteiger partial charge in [0.1, 0.15) is 60.4 Å². The van der Waals surface area contributed by atoms with Gasteiger partial charge in [0.05, 0.1) is 12.2 Å². The van der Waals surface area contributed by atoms with Crippen LogP contribution in [0.15, 0.2) is 30.3 Å². The van der Waals surface area contributed by atoms with Gasteiger partial charge in [-0.05, 0) is 109 Å². The fourth-order valence-corrected chi connectivity index (χ4v) is 9.38. The van der Waals surface area contributed by atoms with Gasteiger partial charge in [0.15, 0.2) is 4.84 Å². The number of aliphatic hydroxyl groups excluding tert-OH is 2. The second kappa shape index (κ2) is 41.5. The minimum Gasteiger partial charge on any atom is -0.391 e. The van der Waals surface area contributed by atoms with Crippen LogP contribution in [0.4, 0.5) is 0 Å². The number of hydrogen-bond acceptors (Lipinski definition) is 18. The lowest BCUT2D eigenvalue weighted by Crippen LogP contribution is -2.62. The van der Waals surface area contributed by atoms with Crippen LogP contribution in [0.2, 0.25) is 0 Å². The molecule has 89 heavy (non-hydrogen) atoms. The number of halogens is 2. The predicted molar refractivity (Wildman–Crippen MR) is 331 cm³/mol. The van der Waals surface area contributed by atoms with Gasteiger partial charge >= 0.3 is 0 Å². The standard InChI is InChI=1S/C57H96Cl2N16O14/c1-30(2)12-10-11-15-43(78)66-35(16-22-60)51(83)75-45(33(6)77)56(88)71-38(19-25-63)48(80)69-39-20-26-64-55(87)44(32(5)76)74-52(84)40(21-27-65-57(89)46(58)59)70-47(79)36(17-23-61)68-53(85)41(28-31(3)4)72-54(86)42(29-34-13-8-7-9-14-34)73-49(81)37(18-24-62)67-50(39)82/h7-9,13-14,30-33,35-42,44-46,76-77H,10-12,15-29,60-63H2,1-6H3,(H,64,87)(H,65,89)(H,66,78)(H,67,82)(H,68,85)(H,69,80)(H,70,79)(H,71,88)(H,72,86)(H,73,81)(H,74,84)(H,75,83)/t32-,33-,35+,36+,37+,38+,39+,40+,41+,42-,44+,45+/m1/s1. The van der Waals surface area contributed by atoms with Crippen LogP contribution in [-0.4, -0.2) is 198 Å². The Kier molecular flexibility index (Phi) is 36.5. The number of alkyl halides is 2. The predicted octanol–water partition coefficient (Wildman–Crippen LogP) is -4.67. The van der Waals surface area contributed by atoms with E-state index in [1.54, 1.807) is 44.2 Å². The normalized spacial score (nSPS) is 22.1. The van der Waals surface area contributed by atoms with Crippen LogP contribution < -0.4 is 86.7 Å². The average molecular weight is 1300 g/mol. The molecule has 30 nitrogen and oxygen atoms in total. The molecule has 0 aromatic heterocycles. The molecule has 0 spiro atoms. The highest BCUT2D eigenvalue weighted by Crippen LogP contribution is 2.13. The molecule has 0 radical (unpaired) electrons. The van der Waals surface area contributed by atoms with Crippen LogP contribution >= 0.6 is 23.2 Å². The zero-order chi connectivity index (χ0) is 66.9. The van der Waals surface area contributed by atoms with Crippen molar-refractivity contribution < 1.29 is 67.7 Å². The number of nitrogens with two attached hydrogens (primary N) is 4. The molecule has 1 saturated heterocycles. The van der Waals surface area contributed by atoms with E-state index in [4.69, 9.17) is 46.1 Å². The molecule has 0 saturated carbocycles. The number of carbonyl (C=O) groups is 12.